The summed E-state index contributed by atoms with van der Waals surface area (Å²) in [6.45, 7) is 6.14. The second-order valence-corrected chi connectivity index (χ2v) is 5.50. The molecule has 0 amide bonds. The van der Waals surface area contributed by atoms with Crippen LogP contribution in [0.25, 0.3) is 0 Å². The van der Waals surface area contributed by atoms with Crippen LogP contribution >= 0.6 is 0 Å². The van der Waals surface area contributed by atoms with Crippen molar-refractivity contribution in [2.45, 2.75) is 45.2 Å². The third kappa shape index (κ3) is 3.22. The maximum Gasteiger partial charge on any atom is 0.141 e. The van der Waals surface area contributed by atoms with E-state index in [4.69, 9.17) is 5.73 Å². The Morgan fingerprint density at radius 3 is 2.75 bits per heavy atom. The van der Waals surface area contributed by atoms with Crippen molar-refractivity contribution in [3.63, 3.8) is 0 Å². The second kappa shape index (κ2) is 5.71. The topological polar surface area (TPSA) is 56.7 Å². The van der Waals surface area contributed by atoms with Crippen LogP contribution in [0.1, 0.15) is 44.6 Å². The Morgan fingerprint density at radius 1 is 1.40 bits per heavy atom. The van der Waals surface area contributed by atoms with Crippen LogP contribution in [0, 0.1) is 5.82 Å². The van der Waals surface area contributed by atoms with Crippen LogP contribution in [0.3, 0.4) is 0 Å². The van der Waals surface area contributed by atoms with Gasteiger partial charge in [0.1, 0.15) is 5.82 Å². The van der Waals surface area contributed by atoms with Crippen LogP contribution < -0.4 is 5.73 Å². The van der Waals surface area contributed by atoms with Crippen LogP contribution in [-0.2, 0) is 12.0 Å². The first kappa shape index (κ1) is 14.7. The van der Waals surface area contributed by atoms with Crippen molar-refractivity contribution in [2.75, 3.05) is 0 Å². The molecule has 0 saturated carbocycles. The van der Waals surface area contributed by atoms with Crippen LogP contribution in [0.15, 0.2) is 30.6 Å². The molecule has 5 heteroatoms. The van der Waals surface area contributed by atoms with Crippen molar-refractivity contribution in [3.8, 4) is 0 Å². The lowest BCUT2D eigenvalue weighted by atomic mass is 9.93. The zero-order chi connectivity index (χ0) is 14.8. The maximum atomic E-state index is 12.9. The van der Waals surface area contributed by atoms with Gasteiger partial charge in [0, 0.05) is 18.7 Å². The van der Waals surface area contributed by atoms with E-state index < -0.39 is 5.54 Å². The molecule has 0 aliphatic heterocycles. The highest BCUT2D eigenvalue weighted by atomic mass is 19.1. The first-order chi connectivity index (χ1) is 9.42. The molecule has 0 aliphatic carbocycles. The molecule has 0 bridgehead atoms. The van der Waals surface area contributed by atoms with Crippen LogP contribution in [0.4, 0.5) is 4.39 Å². The van der Waals surface area contributed by atoms with Crippen molar-refractivity contribution in [2.24, 2.45) is 5.73 Å². The van der Waals surface area contributed by atoms with Crippen molar-refractivity contribution in [1.29, 1.82) is 0 Å². The number of hydrogen-bond acceptors (Lipinski definition) is 3. The van der Waals surface area contributed by atoms with Gasteiger partial charge in [0.25, 0.3) is 0 Å². The van der Waals surface area contributed by atoms with E-state index in [9.17, 15) is 4.39 Å². The quantitative estimate of drug-likeness (QED) is 0.913. The zero-order valence-corrected chi connectivity index (χ0v) is 12.2. The molecule has 0 fully saturated rings. The van der Waals surface area contributed by atoms with Gasteiger partial charge in [-0.15, -0.1) is 0 Å². The minimum Gasteiger partial charge on any atom is -0.320 e. The number of hydrogen-bond donors (Lipinski definition) is 1. The molecule has 20 heavy (non-hydrogen) atoms. The molecule has 108 valence electrons. The standard InChI is InChI=1S/C15H21FN4/c1-4-11(2)20-8-7-13(19-20)9-15(3,17)14-6-5-12(16)10-18-14/h5-8,10-11H,4,9,17H2,1-3H3. The predicted molar refractivity (Wildman–Crippen MR) is 76.7 cm³/mol. The van der Waals surface area contributed by atoms with E-state index >= 15 is 0 Å². The number of aromatic nitrogens is 3. The Hall–Kier alpha value is -1.75. The summed E-state index contributed by atoms with van der Waals surface area (Å²) in [4.78, 5) is 4.07. The van der Waals surface area contributed by atoms with Gasteiger partial charge in [-0.25, -0.2) is 4.39 Å². The minimum absolute atomic E-state index is 0.356. The first-order valence-electron chi connectivity index (χ1n) is 6.87. The highest BCUT2D eigenvalue weighted by Crippen LogP contribution is 2.21. The van der Waals surface area contributed by atoms with Crippen molar-refractivity contribution < 1.29 is 4.39 Å². The number of pyridine rings is 1. The molecule has 0 radical (unpaired) electrons. The Kier molecular flexibility index (Phi) is 4.18. The molecule has 2 aromatic rings. The summed E-state index contributed by atoms with van der Waals surface area (Å²) in [6.07, 6.45) is 4.76. The molecule has 2 atom stereocenters. The fraction of sp³-hybridized carbons (Fsp3) is 0.467. The van der Waals surface area contributed by atoms with E-state index in [1.165, 1.54) is 12.3 Å². The smallest absolute Gasteiger partial charge is 0.141 e. The van der Waals surface area contributed by atoms with Gasteiger partial charge in [-0.1, -0.05) is 6.92 Å². The molecule has 2 unspecified atom stereocenters. The summed E-state index contributed by atoms with van der Waals surface area (Å²) in [5.41, 5.74) is 7.22. The lowest BCUT2D eigenvalue weighted by Gasteiger charge is -2.23. The third-order valence-electron chi connectivity index (χ3n) is 3.57. The summed E-state index contributed by atoms with van der Waals surface area (Å²) < 4.78 is 14.9. The largest absolute Gasteiger partial charge is 0.320 e. The molecule has 2 rings (SSSR count). The van der Waals surface area contributed by atoms with Gasteiger partial charge >= 0.3 is 0 Å². The summed E-state index contributed by atoms with van der Waals surface area (Å²) in [6, 6.07) is 5.35. The van der Waals surface area contributed by atoms with Gasteiger partial charge in [0.05, 0.1) is 23.1 Å². The van der Waals surface area contributed by atoms with E-state index in [1.807, 2.05) is 23.9 Å². The number of rotatable bonds is 5. The summed E-state index contributed by atoms with van der Waals surface area (Å²) in [7, 11) is 0. The molecular formula is C15H21FN4. The van der Waals surface area contributed by atoms with Crippen LogP contribution in [-0.4, -0.2) is 14.8 Å². The lowest BCUT2D eigenvalue weighted by molar-refractivity contribution is 0.444. The Balaban J connectivity index is 2.15. The number of nitrogens with zero attached hydrogens (tertiary/aromatic N) is 3. The summed E-state index contributed by atoms with van der Waals surface area (Å²) >= 11 is 0. The van der Waals surface area contributed by atoms with Crippen molar-refractivity contribution in [1.82, 2.24) is 14.8 Å². The summed E-state index contributed by atoms with van der Waals surface area (Å²) in [5, 5.41) is 4.54. The normalized spacial score (nSPS) is 15.8. The van der Waals surface area contributed by atoms with Gasteiger partial charge in [-0.2, -0.15) is 5.10 Å². The van der Waals surface area contributed by atoms with Crippen LogP contribution in [0.5, 0.6) is 0 Å². The molecule has 0 aliphatic rings. The zero-order valence-electron chi connectivity index (χ0n) is 12.2. The predicted octanol–water partition coefficient (Wildman–Crippen LogP) is 2.80. The van der Waals surface area contributed by atoms with Crippen molar-refractivity contribution >= 4 is 0 Å². The lowest BCUT2D eigenvalue weighted by Crippen LogP contribution is -2.36. The fourth-order valence-corrected chi connectivity index (χ4v) is 2.08. The SMILES string of the molecule is CCC(C)n1ccc(CC(C)(N)c2ccc(F)cn2)n1. The minimum atomic E-state index is -0.664. The molecule has 0 saturated heterocycles. The third-order valence-corrected chi connectivity index (χ3v) is 3.57. The molecule has 0 spiro atoms. The maximum absolute atomic E-state index is 12.9. The second-order valence-electron chi connectivity index (χ2n) is 5.50. The fourth-order valence-electron chi connectivity index (χ4n) is 2.08. The Labute approximate surface area is 118 Å². The molecule has 2 heterocycles. The summed E-state index contributed by atoms with van der Waals surface area (Å²) in [5.74, 6) is -0.356. The molecule has 4 nitrogen and oxygen atoms in total. The Morgan fingerprint density at radius 2 is 2.15 bits per heavy atom. The van der Waals surface area contributed by atoms with E-state index in [0.29, 0.717) is 18.2 Å². The number of nitrogens with two attached hydrogens (primary N) is 1. The highest BCUT2D eigenvalue weighted by Gasteiger charge is 2.24. The molecule has 0 aromatic carbocycles. The molecular weight excluding hydrogens is 255 g/mol. The van der Waals surface area contributed by atoms with E-state index in [0.717, 1.165) is 12.1 Å². The first-order valence-corrected chi connectivity index (χ1v) is 6.87. The average Bonchev–Trinajstić information content (AvgIpc) is 2.86. The van der Waals surface area contributed by atoms with E-state index in [-0.39, 0.29) is 5.82 Å². The van der Waals surface area contributed by atoms with Gasteiger partial charge in [0.2, 0.25) is 0 Å². The van der Waals surface area contributed by atoms with E-state index in [2.05, 4.69) is 23.9 Å². The molecule has 2 aromatic heterocycles. The van der Waals surface area contributed by atoms with Gasteiger partial charge in [-0.05, 0) is 38.5 Å². The highest BCUT2D eigenvalue weighted by molar-refractivity contribution is 5.18. The Bertz CT molecular complexity index is 560. The van der Waals surface area contributed by atoms with E-state index in [1.54, 1.807) is 6.07 Å². The van der Waals surface area contributed by atoms with Crippen LogP contribution in [0.2, 0.25) is 0 Å². The van der Waals surface area contributed by atoms with Crippen molar-refractivity contribution in [3.05, 3.63) is 47.8 Å². The van der Waals surface area contributed by atoms with Gasteiger partial charge in [0.15, 0.2) is 0 Å². The number of halogens is 1. The van der Waals surface area contributed by atoms with Gasteiger partial charge < -0.3 is 5.73 Å². The monoisotopic (exact) mass is 276 g/mol. The van der Waals surface area contributed by atoms with Gasteiger partial charge in [-0.3, -0.25) is 9.67 Å². The average molecular weight is 276 g/mol. The molecule has 2 N–H and O–H groups in total.